The van der Waals surface area contributed by atoms with Crippen LogP contribution in [-0.2, 0) is 0 Å². The first-order chi connectivity index (χ1) is 10.7. The lowest BCUT2D eigenvalue weighted by molar-refractivity contribution is 1.11. The van der Waals surface area contributed by atoms with Gasteiger partial charge >= 0.3 is 0 Å². The molecule has 0 aliphatic heterocycles. The summed E-state index contributed by atoms with van der Waals surface area (Å²) in [7, 11) is 0. The molecule has 0 aliphatic carbocycles. The summed E-state index contributed by atoms with van der Waals surface area (Å²) in [5, 5.41) is 12.1. The fraction of sp³-hybridized carbons (Fsp3) is 0. The molecule has 4 aromatic rings. The van der Waals surface area contributed by atoms with Gasteiger partial charge in [-0.1, -0.05) is 27.5 Å². The molecule has 0 aliphatic rings. The van der Waals surface area contributed by atoms with E-state index in [1.54, 1.807) is 6.33 Å². The average Bonchev–Trinajstić information content (AvgIpc) is 3.00. The van der Waals surface area contributed by atoms with Crippen LogP contribution in [0.1, 0.15) is 0 Å². The van der Waals surface area contributed by atoms with Gasteiger partial charge in [-0.25, -0.2) is 4.98 Å². The van der Waals surface area contributed by atoms with Gasteiger partial charge in [-0.15, -0.1) is 10.2 Å². The summed E-state index contributed by atoms with van der Waals surface area (Å²) in [6, 6.07) is 13.4. The van der Waals surface area contributed by atoms with E-state index >= 15 is 0 Å². The maximum Gasteiger partial charge on any atom is 0.204 e. The average molecular weight is 375 g/mol. The highest BCUT2D eigenvalue weighted by Gasteiger charge is 2.11. The fourth-order valence-corrected chi connectivity index (χ4v) is 2.71. The lowest BCUT2D eigenvalue weighted by Gasteiger charge is -2.09. The summed E-state index contributed by atoms with van der Waals surface area (Å²) in [6.07, 6.45) is 1.66. The summed E-state index contributed by atoms with van der Waals surface area (Å²) in [5.74, 6) is 0.648. The standard InChI is InChI=1S/C15H9BrClN5/c16-9-1-4-11(5-2-9)19-14-15-21-18-8-22(15)13-7-10(17)3-6-12(13)20-14/h1-8H,(H,19,20). The number of halogens is 2. The highest BCUT2D eigenvalue weighted by molar-refractivity contribution is 9.10. The van der Waals surface area contributed by atoms with Crippen LogP contribution in [0, 0.1) is 0 Å². The number of fused-ring (bicyclic) bond motifs is 3. The predicted octanol–water partition coefficient (Wildman–Crippen LogP) is 4.44. The molecular formula is C15H9BrClN5. The number of benzene rings is 2. The van der Waals surface area contributed by atoms with Gasteiger partial charge in [-0.3, -0.25) is 4.40 Å². The molecular weight excluding hydrogens is 366 g/mol. The number of rotatable bonds is 2. The van der Waals surface area contributed by atoms with E-state index in [0.29, 0.717) is 16.5 Å². The molecule has 108 valence electrons. The van der Waals surface area contributed by atoms with Crippen LogP contribution < -0.4 is 5.32 Å². The van der Waals surface area contributed by atoms with E-state index in [0.717, 1.165) is 21.2 Å². The summed E-state index contributed by atoms with van der Waals surface area (Å²) in [6.45, 7) is 0. The molecule has 0 atom stereocenters. The molecule has 22 heavy (non-hydrogen) atoms. The van der Waals surface area contributed by atoms with Crippen molar-refractivity contribution in [2.24, 2.45) is 0 Å². The van der Waals surface area contributed by atoms with Crippen molar-refractivity contribution in [3.05, 3.63) is 58.3 Å². The van der Waals surface area contributed by atoms with E-state index in [9.17, 15) is 0 Å². The molecule has 4 rings (SSSR count). The fourth-order valence-electron chi connectivity index (χ4n) is 2.28. The third-order valence-electron chi connectivity index (χ3n) is 3.30. The first-order valence-corrected chi connectivity index (χ1v) is 7.69. The van der Waals surface area contributed by atoms with Gasteiger partial charge in [0.2, 0.25) is 5.65 Å². The van der Waals surface area contributed by atoms with Crippen molar-refractivity contribution < 1.29 is 0 Å². The third-order valence-corrected chi connectivity index (χ3v) is 4.06. The molecule has 0 saturated heterocycles. The molecule has 0 unspecified atom stereocenters. The molecule has 5 nitrogen and oxygen atoms in total. The number of anilines is 2. The molecule has 7 heteroatoms. The minimum Gasteiger partial charge on any atom is -0.337 e. The van der Waals surface area contributed by atoms with Crippen LogP contribution in [-0.4, -0.2) is 19.6 Å². The van der Waals surface area contributed by atoms with Gasteiger partial charge in [0.05, 0.1) is 11.0 Å². The zero-order valence-corrected chi connectivity index (χ0v) is 13.5. The second-order valence-corrected chi connectivity index (χ2v) is 6.10. The van der Waals surface area contributed by atoms with Crippen molar-refractivity contribution in [1.29, 1.82) is 0 Å². The van der Waals surface area contributed by atoms with Crippen molar-refractivity contribution in [3.8, 4) is 0 Å². The molecule has 1 N–H and O–H groups in total. The van der Waals surface area contributed by atoms with Crippen LogP contribution in [0.25, 0.3) is 16.7 Å². The lowest BCUT2D eigenvalue weighted by atomic mass is 10.3. The predicted molar refractivity (Wildman–Crippen MR) is 90.7 cm³/mol. The molecule has 0 spiro atoms. The summed E-state index contributed by atoms with van der Waals surface area (Å²) in [5.41, 5.74) is 3.26. The van der Waals surface area contributed by atoms with Crippen LogP contribution in [0.4, 0.5) is 11.5 Å². The van der Waals surface area contributed by atoms with E-state index in [1.165, 1.54) is 0 Å². The van der Waals surface area contributed by atoms with E-state index in [1.807, 2.05) is 46.9 Å². The smallest absolute Gasteiger partial charge is 0.204 e. The van der Waals surface area contributed by atoms with Gasteiger partial charge < -0.3 is 5.32 Å². The Kier molecular flexibility index (Phi) is 3.20. The van der Waals surface area contributed by atoms with Gasteiger partial charge in [0.1, 0.15) is 6.33 Å². The van der Waals surface area contributed by atoms with Crippen molar-refractivity contribution in [3.63, 3.8) is 0 Å². The second-order valence-electron chi connectivity index (χ2n) is 4.75. The summed E-state index contributed by atoms with van der Waals surface area (Å²) >= 11 is 9.49. The minimum atomic E-state index is 0.648. The van der Waals surface area contributed by atoms with E-state index < -0.39 is 0 Å². The maximum absolute atomic E-state index is 6.07. The zero-order chi connectivity index (χ0) is 15.1. The van der Waals surface area contributed by atoms with Crippen LogP contribution in [0.3, 0.4) is 0 Å². The SMILES string of the molecule is Clc1ccc2nc(Nc3ccc(Br)cc3)c3nncn3c2c1. The van der Waals surface area contributed by atoms with E-state index in [2.05, 4.69) is 36.4 Å². The minimum absolute atomic E-state index is 0.648. The van der Waals surface area contributed by atoms with Crippen LogP contribution in [0.2, 0.25) is 5.02 Å². The highest BCUT2D eigenvalue weighted by Crippen LogP contribution is 2.25. The first kappa shape index (κ1) is 13.5. The molecule has 0 amide bonds. The third kappa shape index (κ3) is 2.30. The molecule has 0 radical (unpaired) electrons. The van der Waals surface area contributed by atoms with E-state index in [-0.39, 0.29) is 0 Å². The Hall–Kier alpha value is -2.18. The molecule has 0 saturated carbocycles. The Morgan fingerprint density at radius 3 is 2.73 bits per heavy atom. The molecule has 0 bridgehead atoms. The Labute approximate surface area is 139 Å². The van der Waals surface area contributed by atoms with Crippen LogP contribution in [0.15, 0.2) is 53.3 Å². The first-order valence-electron chi connectivity index (χ1n) is 6.52. The van der Waals surface area contributed by atoms with Crippen molar-refractivity contribution in [2.45, 2.75) is 0 Å². The number of hydrogen-bond acceptors (Lipinski definition) is 4. The second kappa shape index (κ2) is 5.23. The van der Waals surface area contributed by atoms with Gasteiger partial charge in [0, 0.05) is 15.2 Å². The summed E-state index contributed by atoms with van der Waals surface area (Å²) < 4.78 is 2.89. The van der Waals surface area contributed by atoms with Gasteiger partial charge in [0.15, 0.2) is 5.82 Å². The normalized spacial score (nSPS) is 11.2. The number of hydrogen-bond donors (Lipinski definition) is 1. The number of nitrogens with zero attached hydrogens (tertiary/aromatic N) is 4. The molecule has 2 aromatic heterocycles. The van der Waals surface area contributed by atoms with Gasteiger partial charge in [-0.05, 0) is 42.5 Å². The Balaban J connectivity index is 1.90. The summed E-state index contributed by atoms with van der Waals surface area (Å²) in [4.78, 5) is 4.63. The Bertz CT molecular complexity index is 980. The lowest BCUT2D eigenvalue weighted by Crippen LogP contribution is -1.99. The Morgan fingerprint density at radius 1 is 1.09 bits per heavy atom. The molecule has 2 aromatic carbocycles. The van der Waals surface area contributed by atoms with Crippen LogP contribution >= 0.6 is 27.5 Å². The number of aromatic nitrogens is 4. The molecule has 0 fully saturated rings. The van der Waals surface area contributed by atoms with Crippen molar-refractivity contribution in [2.75, 3.05) is 5.32 Å². The zero-order valence-electron chi connectivity index (χ0n) is 11.2. The van der Waals surface area contributed by atoms with E-state index in [4.69, 9.17) is 11.6 Å². The number of nitrogens with one attached hydrogen (secondary N) is 1. The quantitative estimate of drug-likeness (QED) is 0.564. The Morgan fingerprint density at radius 2 is 1.91 bits per heavy atom. The van der Waals surface area contributed by atoms with Crippen LogP contribution in [0.5, 0.6) is 0 Å². The van der Waals surface area contributed by atoms with Crippen molar-refractivity contribution in [1.82, 2.24) is 19.6 Å². The largest absolute Gasteiger partial charge is 0.337 e. The topological polar surface area (TPSA) is 55.1 Å². The van der Waals surface area contributed by atoms with Gasteiger partial charge in [-0.2, -0.15) is 0 Å². The van der Waals surface area contributed by atoms with Gasteiger partial charge in [0.25, 0.3) is 0 Å². The molecule has 2 heterocycles. The maximum atomic E-state index is 6.07. The highest BCUT2D eigenvalue weighted by atomic mass is 79.9. The monoisotopic (exact) mass is 373 g/mol. The van der Waals surface area contributed by atoms with Crippen molar-refractivity contribution >= 4 is 55.7 Å².